The fraction of sp³-hybridized carbons (Fsp3) is 0.456. The van der Waals surface area contributed by atoms with Gasteiger partial charge < -0.3 is 35.2 Å². The molecule has 0 aromatic carbocycles. The predicted octanol–water partition coefficient (Wildman–Crippen LogP) is 13.6. The number of alkyl halides is 15. The molecule has 3 saturated carbocycles. The summed E-state index contributed by atoms with van der Waals surface area (Å²) in [5.41, 5.74) is 3.81. The van der Waals surface area contributed by atoms with E-state index in [-0.39, 0.29) is 87.0 Å². The lowest BCUT2D eigenvalue weighted by molar-refractivity contribution is -0.190. The van der Waals surface area contributed by atoms with Crippen LogP contribution in [0, 0.1) is 29.3 Å². The number of ketones is 1. The summed E-state index contributed by atoms with van der Waals surface area (Å²) in [6, 6.07) is 2.80. The van der Waals surface area contributed by atoms with Crippen LogP contribution in [0.25, 0.3) is 39.4 Å². The summed E-state index contributed by atoms with van der Waals surface area (Å²) < 4.78 is 245. The minimum Gasteiger partial charge on any atom is -0.481 e. The molecule has 10 rings (SSSR count). The van der Waals surface area contributed by atoms with Crippen LogP contribution >= 0.6 is 0 Å². The molecule has 0 spiro atoms. The predicted molar refractivity (Wildman–Crippen MR) is 308 cm³/mol. The van der Waals surface area contributed by atoms with E-state index in [1.165, 1.54) is 41.6 Å². The number of nitrogens with zero attached hydrogens (tertiary/aromatic N) is 11. The molecule has 534 valence electrons. The third-order valence-electron chi connectivity index (χ3n) is 13.2. The van der Waals surface area contributed by atoms with E-state index in [2.05, 4.69) is 75.0 Å². The Morgan fingerprint density at radius 1 is 0.546 bits per heavy atom. The molecule has 0 saturated heterocycles. The normalized spacial score (nSPS) is 16.2. The number of nitrogen functional groups attached to an aromatic ring is 1. The fourth-order valence-electron chi connectivity index (χ4n) is 7.92. The Balaban J connectivity index is 0.000000344. The van der Waals surface area contributed by atoms with Crippen molar-refractivity contribution < 1.29 is 118 Å². The van der Waals surface area contributed by atoms with E-state index in [1.807, 2.05) is 0 Å². The molecule has 0 radical (unpaired) electrons. The molecule has 7 heterocycles. The first kappa shape index (κ1) is 81.7. The molecule has 3 aliphatic rings. The highest BCUT2D eigenvalue weighted by Gasteiger charge is 2.50. The Bertz CT molecular complexity index is 3730. The lowest BCUT2D eigenvalue weighted by atomic mass is 9.78. The largest absolute Gasteiger partial charge is 0.481 e. The van der Waals surface area contributed by atoms with Crippen molar-refractivity contribution in [3.05, 3.63) is 97.2 Å². The van der Waals surface area contributed by atoms with Gasteiger partial charge in [-0.1, -0.05) is 22.3 Å². The van der Waals surface area contributed by atoms with Crippen LogP contribution in [0.4, 0.5) is 90.7 Å². The zero-order valence-corrected chi connectivity index (χ0v) is 48.5. The van der Waals surface area contributed by atoms with Crippen LogP contribution in [0.15, 0.2) is 74.0 Å². The number of Topliss-reactive ketones (excluding diaryl/α,β-unsaturated/α-hetero) is 1. The van der Waals surface area contributed by atoms with Crippen LogP contribution in [0.3, 0.4) is 0 Å². The van der Waals surface area contributed by atoms with Gasteiger partial charge in [-0.15, -0.1) is 10.2 Å². The van der Waals surface area contributed by atoms with Crippen LogP contribution in [-0.2, 0) is 14.4 Å². The first-order valence-corrected chi connectivity index (χ1v) is 26.8. The molecule has 97 heavy (non-hydrogen) atoms. The Morgan fingerprint density at radius 2 is 0.907 bits per heavy atom. The fourth-order valence-corrected chi connectivity index (χ4v) is 7.92. The Morgan fingerprint density at radius 3 is 1.23 bits per heavy atom. The molecule has 3 fully saturated rings. The molecule has 0 bridgehead atoms. The third-order valence-corrected chi connectivity index (χ3v) is 13.2. The second-order valence-electron chi connectivity index (χ2n) is 20.8. The SMILES string of the molecule is C.C.C.CC(=O)O.C[C@H](Oc1ncc(-c2cn3c(C4CC(F)(F)C4)nnc3cn2)cc1F)C(F)(F)F.C[C@H](Oc1ncc(-c2cnc(NCC(=O)C3CC(F)(F)C3)cn2)cc1F)C(F)(F)F.C[C@H](Oc1ncc(-c2cnc(NN)cn2)cc1F)C(F)(F)F.O=C(O)C1CC(F)(F)C1. The van der Waals surface area contributed by atoms with Crippen LogP contribution < -0.4 is 30.8 Å². The van der Waals surface area contributed by atoms with Gasteiger partial charge in [0.05, 0.1) is 60.5 Å². The van der Waals surface area contributed by atoms with E-state index in [0.717, 1.165) is 64.5 Å². The van der Waals surface area contributed by atoms with E-state index < -0.39 is 145 Å². The number of hydrogen-bond donors (Lipinski definition) is 5. The molecule has 0 aliphatic heterocycles. The number of hydrazine groups is 1. The second kappa shape index (κ2) is 32.9. The number of ether oxygens (including phenoxy) is 3. The molecule has 6 N–H and O–H groups in total. The van der Waals surface area contributed by atoms with Gasteiger partial charge in [0.2, 0.25) is 17.8 Å². The summed E-state index contributed by atoms with van der Waals surface area (Å²) >= 11 is 0. The number of aliphatic carboxylic acids is 2. The van der Waals surface area contributed by atoms with Crippen LogP contribution in [-0.4, -0.2) is 144 Å². The highest BCUT2D eigenvalue weighted by atomic mass is 19.4. The average Bonchev–Trinajstić information content (AvgIpc) is 1.68. The smallest absolute Gasteiger partial charge is 0.425 e. The number of nitrogens with two attached hydrogens (primary N) is 1. The number of carboxylic acids is 2. The van der Waals surface area contributed by atoms with Gasteiger partial charge in [0.15, 0.2) is 53.0 Å². The van der Waals surface area contributed by atoms with Gasteiger partial charge in [-0.3, -0.25) is 33.7 Å². The quantitative estimate of drug-likeness (QED) is 0.0341. The van der Waals surface area contributed by atoms with E-state index >= 15 is 0 Å². The maximum atomic E-state index is 14.2. The number of aromatic nitrogens is 11. The van der Waals surface area contributed by atoms with Crippen LogP contribution in [0.1, 0.15) is 100 Å². The molecule has 3 atom stereocenters. The number of pyridine rings is 3. The Hall–Kier alpha value is -9.53. The van der Waals surface area contributed by atoms with Crippen molar-refractivity contribution in [2.75, 3.05) is 17.3 Å². The number of nitrogens with one attached hydrogen (secondary N) is 2. The molecule has 22 nitrogen and oxygen atoms in total. The van der Waals surface area contributed by atoms with Crippen LogP contribution in [0.5, 0.6) is 17.6 Å². The number of fused-ring (bicyclic) bond motifs is 1. The van der Waals surface area contributed by atoms with Crippen molar-refractivity contribution in [3.8, 4) is 51.4 Å². The molecule has 0 amide bonds. The summed E-state index contributed by atoms with van der Waals surface area (Å²) in [7, 11) is 0. The van der Waals surface area contributed by atoms with Crippen LogP contribution in [0.2, 0.25) is 0 Å². The Labute approximate surface area is 538 Å². The molecule has 0 unspecified atom stereocenters. The number of anilines is 2. The summed E-state index contributed by atoms with van der Waals surface area (Å²) in [4.78, 5) is 61.4. The molecule has 40 heteroatoms. The van der Waals surface area contributed by atoms with E-state index in [1.54, 1.807) is 0 Å². The maximum Gasteiger partial charge on any atom is 0.425 e. The molecule has 3 aliphatic carbocycles. The Kier molecular flexibility index (Phi) is 27.7. The van der Waals surface area contributed by atoms with Crippen molar-refractivity contribution in [2.45, 2.75) is 149 Å². The molecule has 7 aromatic rings. The number of hydrogen-bond acceptors (Lipinski definition) is 19. The standard InChI is InChI=1S/C18H16F6N4O2.C17H13F6N5O.C12H11F4N5O.C5H6F2O2.C2H4O2.3CH4/c1-9(18(22,23)24)30-16-12(19)2-10(5-28-16)13-6-26-15(8-25-13)27-7-14(29)11-3-17(20,21)4-11;1-8(17(21,22)23)29-15-11(18)2-9(5-25-15)12-7-28-13(6-24-12)26-27-14(28)10-3-16(19,20)4-10;1-6(12(14,15)16)22-11-8(13)2-7(3-20-11)9-4-19-10(21-17)5-18-9;6-5(7)1-3(2-5)4(8)9;1-2(3)4;;;/h2,5-6,8-9,11H,3-4,7H2,1H3,(H,26,27);2,5-8,10H,3-4H2,1H3;2-6H,17H2,1H3,(H,19,21);3H,1-2H2,(H,8,9);1H3,(H,3,4);3*1H4/t9-;8-;6-;;;;;/m000...../s1. The van der Waals surface area contributed by atoms with Gasteiger partial charge in [-0.25, -0.2) is 70.3 Å². The lowest BCUT2D eigenvalue weighted by Gasteiger charge is -2.33. The second-order valence-corrected chi connectivity index (χ2v) is 20.8. The summed E-state index contributed by atoms with van der Waals surface area (Å²) in [6.07, 6.45) is -11.9. The third kappa shape index (κ3) is 23.4. The minimum atomic E-state index is -4.66. The average molecular weight is 1410 g/mol. The van der Waals surface area contributed by atoms with Crippen molar-refractivity contribution in [2.24, 2.45) is 17.7 Å². The zero-order chi connectivity index (χ0) is 70.1. The van der Waals surface area contributed by atoms with Gasteiger partial charge in [0.25, 0.3) is 23.6 Å². The van der Waals surface area contributed by atoms with E-state index in [9.17, 15) is 88.6 Å². The monoisotopic (exact) mass is 1410 g/mol. The maximum absolute atomic E-state index is 14.2. The number of rotatable bonds is 16. The van der Waals surface area contributed by atoms with Gasteiger partial charge in [-0.05, 0) is 39.0 Å². The van der Waals surface area contributed by atoms with Crippen molar-refractivity contribution >= 4 is 35.0 Å². The van der Waals surface area contributed by atoms with Crippen molar-refractivity contribution in [3.63, 3.8) is 0 Å². The lowest BCUT2D eigenvalue weighted by Crippen LogP contribution is -2.42. The summed E-state index contributed by atoms with van der Waals surface area (Å²) in [5.74, 6) is -12.1. The molecular weight excluding hydrogens is 1350 g/mol. The van der Waals surface area contributed by atoms with Crippen molar-refractivity contribution in [1.29, 1.82) is 0 Å². The minimum absolute atomic E-state index is 0. The summed E-state index contributed by atoms with van der Waals surface area (Å²) in [6.45, 7) is 3.13. The van der Waals surface area contributed by atoms with Gasteiger partial charge in [-0.2, -0.15) is 39.5 Å². The zero-order valence-electron chi connectivity index (χ0n) is 48.5. The molecule has 7 aromatic heterocycles. The van der Waals surface area contributed by atoms with Crippen molar-refractivity contribution in [1.82, 2.24) is 54.5 Å². The van der Waals surface area contributed by atoms with E-state index in [4.69, 9.17) is 20.9 Å². The number of carbonyl (C=O) groups is 3. The first-order chi connectivity index (χ1) is 43.5. The first-order valence-electron chi connectivity index (χ1n) is 26.8. The number of halogens is 18. The summed E-state index contributed by atoms with van der Waals surface area (Å²) in [5, 5.41) is 26.0. The van der Waals surface area contributed by atoms with Gasteiger partial charge in [0, 0.05) is 98.8 Å². The van der Waals surface area contributed by atoms with Gasteiger partial charge >= 0.3 is 24.5 Å². The topological polar surface area (TPSA) is 303 Å². The number of carbonyl (C=O) groups excluding carboxylic acids is 1. The van der Waals surface area contributed by atoms with Gasteiger partial charge in [0.1, 0.15) is 11.6 Å². The highest BCUT2D eigenvalue weighted by Crippen LogP contribution is 2.48. The number of carboxylic acid groups (broad SMARTS) is 2. The van der Waals surface area contributed by atoms with E-state index in [0.29, 0.717) is 17.3 Å². The highest BCUT2D eigenvalue weighted by molar-refractivity contribution is 5.86. The molecular formula is C57H62F18N14O8.